The standard InChI is InChI=1S/C19H19Br2NO5S/c20-12-9-14(18(24)15(21)10-12)16(7-4-8-26-17(23)11-28)27-19(25)22-13-5-2-1-3-6-13/h1-3,5-6,9-10,16,24,28H,4,7-8,11H2,(H,22,25)/t16-/m1/s1. The number of halogens is 2. The van der Waals surface area contributed by atoms with Crippen LogP contribution >= 0.6 is 44.5 Å². The van der Waals surface area contributed by atoms with Gasteiger partial charge in [0, 0.05) is 15.7 Å². The zero-order chi connectivity index (χ0) is 20.5. The van der Waals surface area contributed by atoms with Crippen molar-refractivity contribution < 1.29 is 24.2 Å². The molecule has 0 saturated carbocycles. The first-order valence-electron chi connectivity index (χ1n) is 8.37. The number of carbonyl (C=O) groups excluding carboxylic acids is 2. The van der Waals surface area contributed by atoms with E-state index in [1.165, 1.54) is 0 Å². The van der Waals surface area contributed by atoms with Crippen molar-refractivity contribution in [2.24, 2.45) is 0 Å². The van der Waals surface area contributed by atoms with Gasteiger partial charge < -0.3 is 14.6 Å². The van der Waals surface area contributed by atoms with Crippen molar-refractivity contribution in [1.82, 2.24) is 0 Å². The topological polar surface area (TPSA) is 84.9 Å². The molecule has 28 heavy (non-hydrogen) atoms. The van der Waals surface area contributed by atoms with Gasteiger partial charge in [-0.05, 0) is 53.0 Å². The summed E-state index contributed by atoms with van der Waals surface area (Å²) in [4.78, 5) is 23.5. The second kappa shape index (κ2) is 11.3. The molecule has 2 rings (SSSR count). The minimum absolute atomic E-state index is 0.00121. The molecule has 0 fully saturated rings. The van der Waals surface area contributed by atoms with E-state index in [1.54, 1.807) is 36.4 Å². The zero-order valence-corrected chi connectivity index (χ0v) is 18.8. The Morgan fingerprint density at radius 3 is 2.57 bits per heavy atom. The molecule has 2 N–H and O–H groups in total. The summed E-state index contributed by atoms with van der Waals surface area (Å²) >= 11 is 10.5. The molecular formula is C19H19Br2NO5S. The Labute approximate surface area is 185 Å². The smallest absolute Gasteiger partial charge is 0.412 e. The highest BCUT2D eigenvalue weighted by molar-refractivity contribution is 9.11. The van der Waals surface area contributed by atoms with Gasteiger partial charge in [0.15, 0.2) is 0 Å². The number of benzene rings is 2. The molecule has 0 aliphatic carbocycles. The average Bonchev–Trinajstić information content (AvgIpc) is 2.67. The van der Waals surface area contributed by atoms with Crippen LogP contribution in [0.15, 0.2) is 51.4 Å². The van der Waals surface area contributed by atoms with Crippen LogP contribution in [0.2, 0.25) is 0 Å². The Morgan fingerprint density at radius 2 is 1.89 bits per heavy atom. The predicted molar refractivity (Wildman–Crippen MR) is 117 cm³/mol. The van der Waals surface area contributed by atoms with E-state index in [-0.39, 0.29) is 18.1 Å². The van der Waals surface area contributed by atoms with Crippen molar-refractivity contribution in [2.75, 3.05) is 17.7 Å². The van der Waals surface area contributed by atoms with E-state index in [0.717, 1.165) is 0 Å². The van der Waals surface area contributed by atoms with Crippen molar-refractivity contribution in [3.05, 3.63) is 57.0 Å². The SMILES string of the molecule is O=C(CS)OCCC[C@@H](OC(=O)Nc1ccccc1)c1cc(Br)cc(Br)c1O. The lowest BCUT2D eigenvalue weighted by Crippen LogP contribution is -2.18. The van der Waals surface area contributed by atoms with Crippen molar-refractivity contribution >= 4 is 62.2 Å². The van der Waals surface area contributed by atoms with Gasteiger partial charge in [0.25, 0.3) is 0 Å². The van der Waals surface area contributed by atoms with Crippen LogP contribution in [0.5, 0.6) is 5.75 Å². The number of rotatable bonds is 8. The Kier molecular flexibility index (Phi) is 9.14. The van der Waals surface area contributed by atoms with E-state index in [4.69, 9.17) is 9.47 Å². The van der Waals surface area contributed by atoms with E-state index in [1.807, 2.05) is 6.07 Å². The molecule has 0 aromatic heterocycles. The quantitative estimate of drug-likeness (QED) is 0.239. The van der Waals surface area contributed by atoms with Crippen molar-refractivity contribution in [1.29, 1.82) is 0 Å². The Balaban J connectivity index is 2.11. The van der Waals surface area contributed by atoms with Gasteiger partial charge in [-0.3, -0.25) is 10.1 Å². The lowest BCUT2D eigenvalue weighted by atomic mass is 10.0. The van der Waals surface area contributed by atoms with E-state index in [2.05, 4.69) is 49.8 Å². The first kappa shape index (κ1) is 22.6. The molecule has 0 aliphatic heterocycles. The number of hydrogen-bond donors (Lipinski definition) is 3. The number of esters is 1. The Morgan fingerprint density at radius 1 is 1.18 bits per heavy atom. The number of carbonyl (C=O) groups is 2. The van der Waals surface area contributed by atoms with E-state index in [0.29, 0.717) is 33.0 Å². The van der Waals surface area contributed by atoms with Gasteiger partial charge in [0.2, 0.25) is 0 Å². The predicted octanol–water partition coefficient (Wildman–Crippen LogP) is 5.46. The molecule has 1 amide bonds. The molecule has 0 spiro atoms. The highest BCUT2D eigenvalue weighted by Crippen LogP contribution is 2.38. The van der Waals surface area contributed by atoms with Crippen LogP contribution in [0, 0.1) is 0 Å². The van der Waals surface area contributed by atoms with Crippen LogP contribution < -0.4 is 5.32 Å². The van der Waals surface area contributed by atoms with Crippen LogP contribution in [-0.4, -0.2) is 29.5 Å². The number of phenolic OH excluding ortho intramolecular Hbond substituents is 1. The number of phenols is 1. The molecule has 2 aromatic rings. The number of hydrogen-bond acceptors (Lipinski definition) is 6. The number of ether oxygens (including phenoxy) is 2. The van der Waals surface area contributed by atoms with E-state index >= 15 is 0 Å². The highest BCUT2D eigenvalue weighted by Gasteiger charge is 2.22. The van der Waals surface area contributed by atoms with Crippen LogP contribution in [0.4, 0.5) is 10.5 Å². The van der Waals surface area contributed by atoms with Crippen molar-refractivity contribution in [3.63, 3.8) is 0 Å². The minimum Gasteiger partial charge on any atom is -0.506 e. The zero-order valence-electron chi connectivity index (χ0n) is 14.7. The number of anilines is 1. The molecule has 6 nitrogen and oxygen atoms in total. The van der Waals surface area contributed by atoms with Gasteiger partial charge in [-0.1, -0.05) is 34.1 Å². The number of para-hydroxylation sites is 1. The van der Waals surface area contributed by atoms with E-state index < -0.39 is 18.2 Å². The number of thiol groups is 1. The molecule has 9 heteroatoms. The second-order valence-electron chi connectivity index (χ2n) is 5.73. The highest BCUT2D eigenvalue weighted by atomic mass is 79.9. The fraction of sp³-hybridized carbons (Fsp3) is 0.263. The third kappa shape index (κ3) is 7.03. The maximum absolute atomic E-state index is 12.3. The summed E-state index contributed by atoms with van der Waals surface area (Å²) < 4.78 is 11.7. The van der Waals surface area contributed by atoms with Gasteiger partial charge in [0.1, 0.15) is 11.9 Å². The minimum atomic E-state index is -0.743. The molecular weight excluding hydrogens is 514 g/mol. The lowest BCUT2D eigenvalue weighted by Gasteiger charge is -2.20. The van der Waals surface area contributed by atoms with Crippen LogP contribution in [0.1, 0.15) is 24.5 Å². The normalized spacial score (nSPS) is 11.5. The van der Waals surface area contributed by atoms with Gasteiger partial charge >= 0.3 is 12.1 Å². The number of amides is 1. The van der Waals surface area contributed by atoms with Gasteiger partial charge in [-0.25, -0.2) is 4.79 Å². The third-order valence-corrected chi connectivity index (χ3v) is 5.00. The van der Waals surface area contributed by atoms with Crippen molar-refractivity contribution in [3.8, 4) is 5.75 Å². The Hall–Kier alpha value is -1.71. The molecule has 0 bridgehead atoms. The monoisotopic (exact) mass is 531 g/mol. The maximum atomic E-state index is 12.3. The summed E-state index contributed by atoms with van der Waals surface area (Å²) in [5.74, 6) is -0.442. The Bertz CT molecular complexity index is 819. The second-order valence-corrected chi connectivity index (χ2v) is 7.82. The lowest BCUT2D eigenvalue weighted by molar-refractivity contribution is -0.140. The summed E-state index contributed by atoms with van der Waals surface area (Å²) in [6, 6.07) is 12.3. The van der Waals surface area contributed by atoms with Gasteiger partial charge in [-0.2, -0.15) is 12.6 Å². The first-order valence-corrected chi connectivity index (χ1v) is 10.6. The molecule has 0 saturated heterocycles. The molecule has 0 unspecified atom stereocenters. The number of nitrogens with one attached hydrogen (secondary N) is 1. The molecule has 150 valence electrons. The fourth-order valence-electron chi connectivity index (χ4n) is 2.41. The van der Waals surface area contributed by atoms with Crippen molar-refractivity contribution in [2.45, 2.75) is 18.9 Å². The van der Waals surface area contributed by atoms with Crippen LogP contribution in [0.3, 0.4) is 0 Å². The van der Waals surface area contributed by atoms with Crippen LogP contribution in [0.25, 0.3) is 0 Å². The van der Waals surface area contributed by atoms with Gasteiger partial charge in [0.05, 0.1) is 16.8 Å². The summed E-state index contributed by atoms with van der Waals surface area (Å²) in [5, 5.41) is 13.0. The molecule has 2 aromatic carbocycles. The first-order chi connectivity index (χ1) is 13.4. The van der Waals surface area contributed by atoms with Gasteiger partial charge in [-0.15, -0.1) is 0 Å². The molecule has 0 aliphatic rings. The van der Waals surface area contributed by atoms with Crippen LogP contribution in [-0.2, 0) is 14.3 Å². The average molecular weight is 533 g/mol. The third-order valence-electron chi connectivity index (χ3n) is 3.68. The summed E-state index contributed by atoms with van der Waals surface area (Å²) in [6.07, 6.45) is -0.614. The van der Waals surface area contributed by atoms with E-state index in [9.17, 15) is 14.7 Å². The summed E-state index contributed by atoms with van der Waals surface area (Å²) in [7, 11) is 0. The maximum Gasteiger partial charge on any atom is 0.412 e. The fourth-order valence-corrected chi connectivity index (χ4v) is 3.76. The molecule has 0 radical (unpaired) electrons. The molecule has 0 heterocycles. The largest absolute Gasteiger partial charge is 0.506 e. The summed E-state index contributed by atoms with van der Waals surface area (Å²) in [5.41, 5.74) is 1.03. The molecule has 1 atom stereocenters. The number of aromatic hydroxyl groups is 1. The summed E-state index contributed by atoms with van der Waals surface area (Å²) in [6.45, 7) is 0.162.